The Kier molecular flexibility index (Phi) is 7.01. The monoisotopic (exact) mass is 376 g/mol. The quantitative estimate of drug-likeness (QED) is 0.691. The summed E-state index contributed by atoms with van der Waals surface area (Å²) in [6, 6.07) is 8.60. The summed E-state index contributed by atoms with van der Waals surface area (Å²) in [6.07, 6.45) is 0. The number of carbonyl (C=O) groups excluding carboxylic acids is 2. The van der Waals surface area contributed by atoms with Crippen LogP contribution >= 0.6 is 0 Å². The minimum atomic E-state index is -0.646. The fourth-order valence-corrected chi connectivity index (χ4v) is 2.61. The van der Waals surface area contributed by atoms with Crippen LogP contribution in [-0.2, 0) is 9.59 Å². The number of halogens is 2. The van der Waals surface area contributed by atoms with Crippen LogP contribution < -0.4 is 16.0 Å². The molecule has 0 aliphatic rings. The van der Waals surface area contributed by atoms with Gasteiger partial charge in [-0.2, -0.15) is 0 Å². The van der Waals surface area contributed by atoms with Gasteiger partial charge in [-0.25, -0.2) is 8.78 Å². The number of rotatable bonds is 7. The van der Waals surface area contributed by atoms with E-state index >= 15 is 0 Å². The van der Waals surface area contributed by atoms with E-state index in [9.17, 15) is 18.4 Å². The lowest BCUT2D eigenvalue weighted by atomic mass is 10.1. The van der Waals surface area contributed by atoms with Crippen LogP contribution in [0.5, 0.6) is 0 Å². The first kappa shape index (κ1) is 20.5. The first-order chi connectivity index (χ1) is 12.8. The van der Waals surface area contributed by atoms with Gasteiger partial charge in [0.05, 0.1) is 6.54 Å². The Morgan fingerprint density at radius 1 is 1.11 bits per heavy atom. The van der Waals surface area contributed by atoms with Gasteiger partial charge in [-0.3, -0.25) is 9.59 Å². The van der Waals surface area contributed by atoms with Gasteiger partial charge in [0.25, 0.3) is 5.91 Å². The smallest absolute Gasteiger partial charge is 0.275 e. The summed E-state index contributed by atoms with van der Waals surface area (Å²) < 4.78 is 26.7. The summed E-state index contributed by atoms with van der Waals surface area (Å²) in [5.74, 6) is -1.96. The molecule has 0 aromatic heterocycles. The largest absolute Gasteiger partial charge is 0.342 e. The molecule has 144 valence electrons. The van der Waals surface area contributed by atoms with Gasteiger partial charge in [-0.1, -0.05) is 12.1 Å². The van der Waals surface area contributed by atoms with Gasteiger partial charge in [0.2, 0.25) is 5.91 Å². The highest BCUT2D eigenvalue weighted by Crippen LogP contribution is 2.17. The average Bonchev–Trinajstić information content (AvgIpc) is 2.62. The summed E-state index contributed by atoms with van der Waals surface area (Å²) in [7, 11) is 0. The van der Waals surface area contributed by atoms with Crippen molar-refractivity contribution in [1.82, 2.24) is 5.32 Å². The van der Waals surface area contributed by atoms with Gasteiger partial charge in [0.1, 0.15) is 17.7 Å². The number of hydrogen-bond donors (Lipinski definition) is 3. The number of nitrogens with two attached hydrogens (primary N) is 1. The first-order valence-corrected chi connectivity index (χ1v) is 8.69. The molecule has 27 heavy (non-hydrogen) atoms. The fraction of sp³-hybridized carbons (Fsp3) is 0.300. The molecule has 0 aliphatic carbocycles. The summed E-state index contributed by atoms with van der Waals surface area (Å²) in [5.41, 5.74) is 3.06. The molecule has 0 spiro atoms. The van der Waals surface area contributed by atoms with Crippen molar-refractivity contribution in [2.24, 2.45) is 0 Å². The van der Waals surface area contributed by atoms with E-state index in [-0.39, 0.29) is 30.9 Å². The Morgan fingerprint density at radius 3 is 2.56 bits per heavy atom. The van der Waals surface area contributed by atoms with Crippen LogP contribution in [0.25, 0.3) is 0 Å². The number of nitrogens with one attached hydrogen (secondary N) is 2. The van der Waals surface area contributed by atoms with Gasteiger partial charge in [0.15, 0.2) is 6.54 Å². The number of benzene rings is 2. The maximum atomic E-state index is 13.7. The van der Waals surface area contributed by atoms with Gasteiger partial charge in [-0.15, -0.1) is 0 Å². The molecule has 0 saturated heterocycles. The van der Waals surface area contributed by atoms with Gasteiger partial charge < -0.3 is 16.0 Å². The average molecular weight is 376 g/mol. The molecule has 7 heteroatoms. The molecule has 0 aliphatic heterocycles. The molecule has 0 bridgehead atoms. The molecule has 5 nitrogen and oxygen atoms in total. The Morgan fingerprint density at radius 2 is 1.85 bits per heavy atom. The fourth-order valence-electron chi connectivity index (χ4n) is 2.61. The number of anilines is 1. The van der Waals surface area contributed by atoms with Crippen molar-refractivity contribution in [3.8, 4) is 0 Å². The van der Waals surface area contributed by atoms with Crippen molar-refractivity contribution in [3.63, 3.8) is 0 Å². The number of aryl methyl sites for hydroxylation is 1. The highest BCUT2D eigenvalue weighted by atomic mass is 19.1. The van der Waals surface area contributed by atoms with Crippen molar-refractivity contribution < 1.29 is 23.7 Å². The Hall–Kier alpha value is -2.80. The molecular formula is C20H24F2N3O2+. The lowest BCUT2D eigenvalue weighted by molar-refractivity contribution is -0.682. The van der Waals surface area contributed by atoms with Crippen LogP contribution in [0, 0.1) is 25.5 Å². The Labute approximate surface area is 157 Å². The van der Waals surface area contributed by atoms with E-state index in [0.717, 1.165) is 17.2 Å². The van der Waals surface area contributed by atoms with Crippen molar-refractivity contribution in [2.45, 2.75) is 26.8 Å². The second-order valence-corrected chi connectivity index (χ2v) is 6.47. The molecule has 0 fully saturated rings. The van der Waals surface area contributed by atoms with Crippen LogP contribution in [-0.4, -0.2) is 24.9 Å². The molecular weight excluding hydrogens is 352 g/mol. The summed E-state index contributed by atoms with van der Waals surface area (Å²) in [4.78, 5) is 23.9. The highest BCUT2D eigenvalue weighted by Gasteiger charge is 2.16. The van der Waals surface area contributed by atoms with Crippen molar-refractivity contribution in [3.05, 3.63) is 64.7 Å². The minimum Gasteiger partial charge on any atom is -0.342 e. The van der Waals surface area contributed by atoms with E-state index < -0.39 is 11.6 Å². The highest BCUT2D eigenvalue weighted by molar-refractivity contribution is 5.95. The summed E-state index contributed by atoms with van der Waals surface area (Å²) in [5, 5.41) is 6.91. The van der Waals surface area contributed by atoms with Gasteiger partial charge in [0, 0.05) is 17.3 Å². The van der Waals surface area contributed by atoms with Crippen LogP contribution in [0.4, 0.5) is 14.5 Å². The number of quaternary nitrogens is 1. The lowest BCUT2D eigenvalue weighted by Gasteiger charge is -2.13. The lowest BCUT2D eigenvalue weighted by Crippen LogP contribution is -2.87. The molecule has 0 radical (unpaired) electrons. The van der Waals surface area contributed by atoms with E-state index in [1.165, 1.54) is 12.1 Å². The van der Waals surface area contributed by atoms with E-state index in [1.807, 2.05) is 26.0 Å². The van der Waals surface area contributed by atoms with Crippen molar-refractivity contribution in [1.29, 1.82) is 0 Å². The van der Waals surface area contributed by atoms with Crippen molar-refractivity contribution >= 4 is 17.5 Å². The van der Waals surface area contributed by atoms with Crippen LogP contribution in [0.3, 0.4) is 0 Å². The topological polar surface area (TPSA) is 74.8 Å². The Balaban J connectivity index is 1.78. The molecule has 1 atom stereocenters. The summed E-state index contributed by atoms with van der Waals surface area (Å²) in [6.45, 7) is 5.45. The molecule has 2 amide bonds. The molecule has 2 aromatic rings. The zero-order valence-electron chi connectivity index (χ0n) is 15.6. The minimum absolute atomic E-state index is 0.0226. The van der Waals surface area contributed by atoms with E-state index in [2.05, 4.69) is 10.6 Å². The molecule has 4 N–H and O–H groups in total. The molecule has 2 aromatic carbocycles. The predicted molar refractivity (Wildman–Crippen MR) is 99.1 cm³/mol. The van der Waals surface area contributed by atoms with E-state index in [0.29, 0.717) is 11.3 Å². The Bertz CT molecular complexity index is 840. The second kappa shape index (κ2) is 9.23. The van der Waals surface area contributed by atoms with Crippen LogP contribution in [0.1, 0.15) is 29.7 Å². The molecule has 2 rings (SSSR count). The summed E-state index contributed by atoms with van der Waals surface area (Å²) >= 11 is 0. The second-order valence-electron chi connectivity index (χ2n) is 6.47. The molecule has 0 saturated carbocycles. The molecule has 0 heterocycles. The standard InChI is InChI=1S/C20H23F2N3O2/c1-12-5-4-6-18(13(12)2)25-20(27)11-24-19(26)10-23-14(3)16-8-7-15(21)9-17(16)22/h4-9,14,23H,10-11H2,1-3H3,(H,24,26)(H,25,27)/p+1/t14-/m0/s1. The SMILES string of the molecule is Cc1cccc(NC(=O)CNC(=O)C[NH2+][C@@H](C)c2ccc(F)cc2F)c1C. The van der Waals surface area contributed by atoms with E-state index in [1.54, 1.807) is 18.3 Å². The molecule has 0 unspecified atom stereocenters. The zero-order chi connectivity index (χ0) is 20.0. The number of carbonyl (C=O) groups is 2. The van der Waals surface area contributed by atoms with Gasteiger partial charge >= 0.3 is 0 Å². The third kappa shape index (κ3) is 5.86. The maximum Gasteiger partial charge on any atom is 0.275 e. The maximum absolute atomic E-state index is 13.7. The number of amides is 2. The normalized spacial score (nSPS) is 11.7. The van der Waals surface area contributed by atoms with Gasteiger partial charge in [-0.05, 0) is 50.1 Å². The van der Waals surface area contributed by atoms with Crippen molar-refractivity contribution in [2.75, 3.05) is 18.4 Å². The van der Waals surface area contributed by atoms with Crippen LogP contribution in [0.15, 0.2) is 36.4 Å². The predicted octanol–water partition coefficient (Wildman–Crippen LogP) is 1.96. The third-order valence-corrected chi connectivity index (χ3v) is 4.43. The third-order valence-electron chi connectivity index (χ3n) is 4.43. The van der Waals surface area contributed by atoms with Crippen LogP contribution in [0.2, 0.25) is 0 Å². The van der Waals surface area contributed by atoms with E-state index in [4.69, 9.17) is 0 Å². The zero-order valence-corrected chi connectivity index (χ0v) is 15.6. The number of hydrogen-bond acceptors (Lipinski definition) is 2. The first-order valence-electron chi connectivity index (χ1n) is 8.69.